The fourth-order valence-corrected chi connectivity index (χ4v) is 2.10. The number of anilines is 1. The van der Waals surface area contributed by atoms with Crippen molar-refractivity contribution in [1.82, 2.24) is 0 Å². The van der Waals surface area contributed by atoms with Crippen molar-refractivity contribution in [3.05, 3.63) is 28.8 Å². The van der Waals surface area contributed by atoms with E-state index in [1.165, 1.54) is 22.4 Å². The van der Waals surface area contributed by atoms with Crippen LogP contribution in [0.4, 0.5) is 5.69 Å². The summed E-state index contributed by atoms with van der Waals surface area (Å²) in [5, 5.41) is 8.57. The van der Waals surface area contributed by atoms with E-state index >= 15 is 0 Å². The number of nitrogens with zero attached hydrogens (tertiary/aromatic N) is 2. The molecule has 15 heavy (non-hydrogen) atoms. The Morgan fingerprint density at radius 2 is 1.73 bits per heavy atom. The summed E-state index contributed by atoms with van der Waals surface area (Å²) in [6.07, 6.45) is 0.573. The molecule has 0 fully saturated rings. The van der Waals surface area contributed by atoms with Crippen molar-refractivity contribution in [3.8, 4) is 6.07 Å². The number of hydrogen-bond donors (Lipinski definition) is 0. The molecule has 1 aromatic carbocycles. The van der Waals surface area contributed by atoms with Crippen molar-refractivity contribution in [2.75, 3.05) is 18.5 Å². The van der Waals surface area contributed by atoms with Gasteiger partial charge in [0.25, 0.3) is 0 Å². The van der Waals surface area contributed by atoms with Crippen molar-refractivity contribution in [1.29, 1.82) is 5.26 Å². The first kappa shape index (κ1) is 11.6. The quantitative estimate of drug-likeness (QED) is 0.753. The summed E-state index contributed by atoms with van der Waals surface area (Å²) in [6.45, 7) is 7.15. The van der Waals surface area contributed by atoms with E-state index in [4.69, 9.17) is 5.26 Å². The first-order valence-corrected chi connectivity index (χ1v) is 5.22. The summed E-state index contributed by atoms with van der Waals surface area (Å²) in [6, 6.07) is 6.55. The van der Waals surface area contributed by atoms with Gasteiger partial charge in [-0.3, -0.25) is 0 Å². The molecule has 0 aliphatic rings. The average molecular weight is 202 g/mol. The number of benzene rings is 1. The molecule has 0 N–H and O–H groups in total. The summed E-state index contributed by atoms with van der Waals surface area (Å²) < 4.78 is 0. The molecule has 0 bridgehead atoms. The predicted octanol–water partition coefficient (Wildman–Crippen LogP) is 2.96. The minimum atomic E-state index is 0.573. The zero-order chi connectivity index (χ0) is 11.4. The van der Waals surface area contributed by atoms with Crippen LogP contribution in [0.15, 0.2) is 12.1 Å². The summed E-state index contributed by atoms with van der Waals surface area (Å²) in [5.41, 5.74) is 5.12. The predicted molar refractivity (Wildman–Crippen MR) is 64.2 cm³/mol. The molecule has 0 atom stereocenters. The van der Waals surface area contributed by atoms with E-state index in [0.29, 0.717) is 6.42 Å². The zero-order valence-corrected chi connectivity index (χ0v) is 9.96. The van der Waals surface area contributed by atoms with Gasteiger partial charge in [-0.05, 0) is 31.9 Å². The molecule has 2 heteroatoms. The molecular weight excluding hydrogens is 184 g/mol. The van der Waals surface area contributed by atoms with Crippen LogP contribution in [-0.2, 0) is 0 Å². The van der Waals surface area contributed by atoms with Gasteiger partial charge < -0.3 is 4.90 Å². The van der Waals surface area contributed by atoms with Crippen LogP contribution in [0.5, 0.6) is 0 Å². The van der Waals surface area contributed by atoms with Gasteiger partial charge in [-0.15, -0.1) is 0 Å². The van der Waals surface area contributed by atoms with E-state index in [-0.39, 0.29) is 0 Å². The Bertz CT molecular complexity index is 365. The smallest absolute Gasteiger partial charge is 0.0640 e. The van der Waals surface area contributed by atoms with E-state index in [1.807, 2.05) is 7.05 Å². The lowest BCUT2D eigenvalue weighted by atomic mass is 10.0. The molecule has 0 spiro atoms. The Morgan fingerprint density at radius 3 is 2.20 bits per heavy atom. The van der Waals surface area contributed by atoms with Crippen LogP contribution in [0, 0.1) is 32.1 Å². The molecule has 1 aromatic rings. The highest BCUT2D eigenvalue weighted by atomic mass is 15.1. The second-order valence-electron chi connectivity index (χ2n) is 4.08. The standard InChI is InChI=1S/C13H18N2/c1-10-8-11(2)13(12(3)9-10)15(4)7-5-6-14/h8-9H,5,7H2,1-4H3. The maximum absolute atomic E-state index is 8.57. The third-order valence-corrected chi connectivity index (χ3v) is 2.58. The lowest BCUT2D eigenvalue weighted by Crippen LogP contribution is -2.20. The van der Waals surface area contributed by atoms with Crippen LogP contribution in [0.3, 0.4) is 0 Å². The van der Waals surface area contributed by atoms with Crippen LogP contribution in [-0.4, -0.2) is 13.6 Å². The molecule has 0 aliphatic carbocycles. The number of hydrogen-bond acceptors (Lipinski definition) is 2. The molecule has 0 aromatic heterocycles. The maximum atomic E-state index is 8.57. The molecule has 0 amide bonds. The Balaban J connectivity index is 2.99. The molecule has 1 rings (SSSR count). The highest BCUT2D eigenvalue weighted by Crippen LogP contribution is 2.25. The topological polar surface area (TPSA) is 27.0 Å². The Hall–Kier alpha value is -1.49. The van der Waals surface area contributed by atoms with Crippen LogP contribution in [0.2, 0.25) is 0 Å². The van der Waals surface area contributed by atoms with Gasteiger partial charge in [-0.2, -0.15) is 5.26 Å². The van der Waals surface area contributed by atoms with Gasteiger partial charge in [0, 0.05) is 19.3 Å². The first-order chi connectivity index (χ1) is 7.06. The molecule has 80 valence electrons. The van der Waals surface area contributed by atoms with Gasteiger partial charge in [-0.25, -0.2) is 0 Å². The Kier molecular flexibility index (Phi) is 3.74. The molecule has 2 nitrogen and oxygen atoms in total. The van der Waals surface area contributed by atoms with Gasteiger partial charge in [0.1, 0.15) is 0 Å². The van der Waals surface area contributed by atoms with E-state index in [9.17, 15) is 0 Å². The van der Waals surface area contributed by atoms with Crippen LogP contribution in [0.1, 0.15) is 23.1 Å². The van der Waals surface area contributed by atoms with Crippen LogP contribution in [0.25, 0.3) is 0 Å². The lowest BCUT2D eigenvalue weighted by molar-refractivity contribution is 0.895. The van der Waals surface area contributed by atoms with Crippen molar-refractivity contribution in [3.63, 3.8) is 0 Å². The van der Waals surface area contributed by atoms with Crippen molar-refractivity contribution in [2.24, 2.45) is 0 Å². The number of aryl methyl sites for hydroxylation is 3. The summed E-state index contributed by atoms with van der Waals surface area (Å²) in [5.74, 6) is 0. The molecule has 0 saturated heterocycles. The third kappa shape index (κ3) is 2.73. The van der Waals surface area contributed by atoms with Gasteiger partial charge in [0.05, 0.1) is 12.5 Å². The minimum Gasteiger partial charge on any atom is -0.373 e. The SMILES string of the molecule is Cc1cc(C)c(N(C)CCC#N)c(C)c1. The van der Waals surface area contributed by atoms with Crippen LogP contribution < -0.4 is 4.90 Å². The van der Waals surface area contributed by atoms with Crippen molar-refractivity contribution in [2.45, 2.75) is 27.2 Å². The third-order valence-electron chi connectivity index (χ3n) is 2.58. The lowest BCUT2D eigenvalue weighted by Gasteiger charge is -2.23. The molecule has 0 heterocycles. The van der Waals surface area contributed by atoms with Gasteiger partial charge in [-0.1, -0.05) is 17.7 Å². The Morgan fingerprint density at radius 1 is 1.20 bits per heavy atom. The zero-order valence-electron chi connectivity index (χ0n) is 9.96. The van der Waals surface area contributed by atoms with Gasteiger partial charge in [0.15, 0.2) is 0 Å². The normalized spacial score (nSPS) is 9.80. The second-order valence-corrected chi connectivity index (χ2v) is 4.08. The summed E-state index contributed by atoms with van der Waals surface area (Å²) in [4.78, 5) is 2.16. The monoisotopic (exact) mass is 202 g/mol. The number of nitriles is 1. The van der Waals surface area contributed by atoms with E-state index in [0.717, 1.165) is 6.54 Å². The molecule has 0 radical (unpaired) electrons. The van der Waals surface area contributed by atoms with E-state index in [1.54, 1.807) is 0 Å². The highest BCUT2D eigenvalue weighted by molar-refractivity contribution is 5.59. The average Bonchev–Trinajstić information content (AvgIpc) is 2.12. The maximum Gasteiger partial charge on any atom is 0.0640 e. The largest absolute Gasteiger partial charge is 0.373 e. The molecular formula is C13H18N2. The fraction of sp³-hybridized carbons (Fsp3) is 0.462. The van der Waals surface area contributed by atoms with Crippen molar-refractivity contribution >= 4 is 5.69 Å². The van der Waals surface area contributed by atoms with Gasteiger partial charge in [0.2, 0.25) is 0 Å². The Labute approximate surface area is 92.1 Å². The van der Waals surface area contributed by atoms with Gasteiger partial charge >= 0.3 is 0 Å². The van der Waals surface area contributed by atoms with E-state index < -0.39 is 0 Å². The first-order valence-electron chi connectivity index (χ1n) is 5.22. The fourth-order valence-electron chi connectivity index (χ4n) is 2.10. The van der Waals surface area contributed by atoms with Crippen LogP contribution >= 0.6 is 0 Å². The second kappa shape index (κ2) is 4.84. The highest BCUT2D eigenvalue weighted by Gasteiger charge is 2.07. The molecule has 0 saturated carbocycles. The summed E-state index contributed by atoms with van der Waals surface area (Å²) >= 11 is 0. The van der Waals surface area contributed by atoms with Crippen molar-refractivity contribution < 1.29 is 0 Å². The molecule has 0 unspecified atom stereocenters. The van der Waals surface area contributed by atoms with E-state index in [2.05, 4.69) is 43.9 Å². The minimum absolute atomic E-state index is 0.573. The molecule has 0 aliphatic heterocycles. The summed E-state index contributed by atoms with van der Waals surface area (Å²) in [7, 11) is 2.04. The number of rotatable bonds is 3.